The number of halogens is 3. The van der Waals surface area contributed by atoms with E-state index in [1.165, 1.54) is 0 Å². The average molecular weight is 506 g/mol. The summed E-state index contributed by atoms with van der Waals surface area (Å²) in [5.41, 5.74) is 0.988. The molecule has 0 spiro atoms. The first-order valence-electron chi connectivity index (χ1n) is 8.09. The summed E-state index contributed by atoms with van der Waals surface area (Å²) in [7, 11) is 7.75. The van der Waals surface area contributed by atoms with Crippen LogP contribution in [-0.2, 0) is 18.3 Å². The number of guanidine groups is 1. The van der Waals surface area contributed by atoms with Crippen molar-refractivity contribution in [2.45, 2.75) is 26.0 Å². The van der Waals surface area contributed by atoms with Gasteiger partial charge in [-0.3, -0.25) is 4.99 Å². The Hall–Kier alpha value is -0.220. The van der Waals surface area contributed by atoms with Crippen molar-refractivity contribution in [3.05, 3.63) is 21.9 Å². The fourth-order valence-corrected chi connectivity index (χ4v) is 2.66. The normalized spacial score (nSPS) is 12.9. The topological polar surface area (TPSA) is 53.8 Å². The molecule has 0 saturated carbocycles. The highest BCUT2D eigenvalue weighted by molar-refractivity contribution is 14.0. The van der Waals surface area contributed by atoms with Crippen molar-refractivity contribution in [3.63, 3.8) is 0 Å². The van der Waals surface area contributed by atoms with Gasteiger partial charge in [-0.05, 0) is 33.5 Å². The predicted molar refractivity (Wildman–Crippen MR) is 118 cm³/mol. The molecule has 2 N–H and O–H groups in total. The van der Waals surface area contributed by atoms with E-state index in [1.54, 1.807) is 7.05 Å². The maximum Gasteiger partial charge on any atom is 0.191 e. The summed E-state index contributed by atoms with van der Waals surface area (Å²) in [5.74, 6) is 0.720. The lowest BCUT2D eigenvalue weighted by atomic mass is 10.2. The highest BCUT2D eigenvalue weighted by atomic mass is 127. The van der Waals surface area contributed by atoms with Crippen LogP contribution >= 0.6 is 47.2 Å². The minimum absolute atomic E-state index is 0. The lowest BCUT2D eigenvalue weighted by molar-refractivity contribution is 0.0548. The number of hydrogen-bond acceptors (Lipinski definition) is 3. The van der Waals surface area contributed by atoms with E-state index >= 15 is 0 Å². The molecule has 9 heteroatoms. The van der Waals surface area contributed by atoms with Crippen molar-refractivity contribution in [1.29, 1.82) is 0 Å². The highest BCUT2D eigenvalue weighted by Gasteiger charge is 2.12. The van der Waals surface area contributed by atoms with Gasteiger partial charge in [0.2, 0.25) is 0 Å². The second-order valence-electron chi connectivity index (χ2n) is 5.81. The van der Waals surface area contributed by atoms with E-state index in [9.17, 15) is 0 Å². The third kappa shape index (κ3) is 8.81. The minimum Gasteiger partial charge on any atom is -0.377 e. The number of aromatic nitrogens is 1. The van der Waals surface area contributed by atoms with Crippen LogP contribution in [0.15, 0.2) is 11.1 Å². The lowest BCUT2D eigenvalue weighted by Gasteiger charge is -2.21. The Morgan fingerprint density at radius 1 is 1.36 bits per heavy atom. The number of nitrogens with one attached hydrogen (secondary N) is 2. The maximum absolute atomic E-state index is 6.08. The van der Waals surface area contributed by atoms with Gasteiger partial charge in [0.25, 0.3) is 0 Å². The van der Waals surface area contributed by atoms with E-state index < -0.39 is 0 Å². The molecule has 0 fully saturated rings. The smallest absolute Gasteiger partial charge is 0.191 e. The summed E-state index contributed by atoms with van der Waals surface area (Å²) in [6, 6.07) is 1.85. The van der Waals surface area contributed by atoms with Crippen LogP contribution in [0.3, 0.4) is 0 Å². The van der Waals surface area contributed by atoms with Crippen LogP contribution < -0.4 is 10.6 Å². The van der Waals surface area contributed by atoms with Crippen molar-refractivity contribution >= 4 is 53.1 Å². The van der Waals surface area contributed by atoms with Gasteiger partial charge in [0.15, 0.2) is 5.96 Å². The molecule has 0 aliphatic rings. The number of nitrogens with zero attached hydrogens (tertiary/aromatic N) is 3. The second-order valence-corrected chi connectivity index (χ2v) is 6.57. The number of aliphatic imine (C=N–C) groups is 1. The Bertz CT molecular complexity index is 537. The quantitative estimate of drug-likeness (QED) is 0.308. The van der Waals surface area contributed by atoms with Gasteiger partial charge in [0.05, 0.1) is 17.7 Å². The molecule has 0 aliphatic heterocycles. The summed E-state index contributed by atoms with van der Waals surface area (Å²) in [5, 5.41) is 7.67. The first-order chi connectivity index (χ1) is 11.4. The SMILES string of the molecule is CCOC(CCN(C)C)CNC(=NC)NCc1cc(Cl)c(Cl)n1C.I. The Labute approximate surface area is 178 Å². The zero-order chi connectivity index (χ0) is 18.1. The summed E-state index contributed by atoms with van der Waals surface area (Å²) >= 11 is 12.1. The molecule has 1 aromatic rings. The molecule has 6 nitrogen and oxygen atoms in total. The van der Waals surface area contributed by atoms with Crippen molar-refractivity contribution < 1.29 is 4.74 Å². The Kier molecular flexibility index (Phi) is 12.9. The third-order valence-corrected chi connectivity index (χ3v) is 4.52. The van der Waals surface area contributed by atoms with E-state index in [-0.39, 0.29) is 30.1 Å². The molecular weight excluding hydrogens is 476 g/mol. The largest absolute Gasteiger partial charge is 0.377 e. The number of rotatable bonds is 9. The van der Waals surface area contributed by atoms with Crippen LogP contribution in [-0.4, -0.2) is 62.4 Å². The molecule has 146 valence electrons. The maximum atomic E-state index is 6.08. The highest BCUT2D eigenvalue weighted by Crippen LogP contribution is 2.24. The molecule has 1 atom stereocenters. The van der Waals surface area contributed by atoms with Crippen LogP contribution in [0.1, 0.15) is 19.0 Å². The molecule has 0 radical (unpaired) electrons. The van der Waals surface area contributed by atoms with Crippen LogP contribution in [0.4, 0.5) is 0 Å². The van der Waals surface area contributed by atoms with Crippen LogP contribution in [0.2, 0.25) is 10.2 Å². The van der Waals surface area contributed by atoms with Gasteiger partial charge in [0.1, 0.15) is 5.15 Å². The Morgan fingerprint density at radius 2 is 2.04 bits per heavy atom. The van der Waals surface area contributed by atoms with Crippen molar-refractivity contribution in [1.82, 2.24) is 20.1 Å². The van der Waals surface area contributed by atoms with Crippen LogP contribution in [0, 0.1) is 0 Å². The van der Waals surface area contributed by atoms with Gasteiger partial charge >= 0.3 is 0 Å². The molecule has 0 bridgehead atoms. The monoisotopic (exact) mass is 505 g/mol. The molecule has 1 rings (SSSR count). The summed E-state index contributed by atoms with van der Waals surface area (Å²) < 4.78 is 7.63. The van der Waals surface area contributed by atoms with Crippen molar-refractivity contribution in [2.24, 2.45) is 12.0 Å². The van der Waals surface area contributed by atoms with E-state index in [0.29, 0.717) is 29.9 Å². The molecule has 0 amide bonds. The Balaban J connectivity index is 0.00000576. The molecule has 0 aliphatic carbocycles. The molecule has 0 saturated heterocycles. The fourth-order valence-electron chi connectivity index (χ4n) is 2.25. The Morgan fingerprint density at radius 3 is 2.52 bits per heavy atom. The van der Waals surface area contributed by atoms with Gasteiger partial charge in [-0.1, -0.05) is 23.2 Å². The molecule has 1 aromatic heterocycles. The van der Waals surface area contributed by atoms with E-state index in [0.717, 1.165) is 24.6 Å². The van der Waals surface area contributed by atoms with Gasteiger partial charge in [-0.25, -0.2) is 0 Å². The van der Waals surface area contributed by atoms with Gasteiger partial charge < -0.3 is 24.8 Å². The lowest BCUT2D eigenvalue weighted by Crippen LogP contribution is -2.42. The summed E-state index contributed by atoms with van der Waals surface area (Å²) in [6.45, 7) is 4.99. The third-order valence-electron chi connectivity index (χ3n) is 3.67. The number of ether oxygens (including phenoxy) is 1. The molecule has 1 heterocycles. The summed E-state index contributed by atoms with van der Waals surface area (Å²) in [4.78, 5) is 6.40. The average Bonchev–Trinajstić information content (AvgIpc) is 2.79. The van der Waals surface area contributed by atoms with E-state index in [4.69, 9.17) is 27.9 Å². The van der Waals surface area contributed by atoms with Gasteiger partial charge in [0, 0.05) is 39.5 Å². The fraction of sp³-hybridized carbons (Fsp3) is 0.688. The predicted octanol–water partition coefficient (Wildman–Crippen LogP) is 2.97. The molecule has 25 heavy (non-hydrogen) atoms. The van der Waals surface area contributed by atoms with Crippen LogP contribution in [0.5, 0.6) is 0 Å². The first kappa shape index (κ1) is 24.8. The molecular formula is C16H30Cl2IN5O. The molecule has 1 unspecified atom stereocenters. The minimum atomic E-state index is 0. The van der Waals surface area contributed by atoms with Crippen molar-refractivity contribution in [3.8, 4) is 0 Å². The number of hydrogen-bond donors (Lipinski definition) is 2. The zero-order valence-electron chi connectivity index (χ0n) is 15.6. The summed E-state index contributed by atoms with van der Waals surface area (Å²) in [6.07, 6.45) is 1.11. The second kappa shape index (κ2) is 13.0. The van der Waals surface area contributed by atoms with Crippen LogP contribution in [0.25, 0.3) is 0 Å². The van der Waals surface area contributed by atoms with E-state index in [2.05, 4.69) is 34.6 Å². The molecule has 0 aromatic carbocycles. The standard InChI is InChI=1S/C16H29Cl2N5O.HI/c1-6-24-13(7-8-22(3)4)11-21-16(19-2)20-10-12-9-14(17)15(18)23(12)5;/h9,13H,6-8,10-11H2,1-5H3,(H2,19,20,21);1H. The first-order valence-corrected chi connectivity index (χ1v) is 8.85. The van der Waals surface area contributed by atoms with Gasteiger partial charge in [-0.15, -0.1) is 24.0 Å². The van der Waals surface area contributed by atoms with Gasteiger partial charge in [-0.2, -0.15) is 0 Å². The van der Waals surface area contributed by atoms with E-state index in [1.807, 2.05) is 24.6 Å². The van der Waals surface area contributed by atoms with Crippen molar-refractivity contribution in [2.75, 3.05) is 40.8 Å². The zero-order valence-corrected chi connectivity index (χ0v) is 19.4.